The van der Waals surface area contributed by atoms with E-state index < -0.39 is 17.1 Å². The number of hydrogen-bond acceptors (Lipinski definition) is 5. The molecule has 146 valence electrons. The smallest absolute Gasteiger partial charge is 0.276 e. The van der Waals surface area contributed by atoms with Gasteiger partial charge in [0.05, 0.1) is 12.7 Å². The third kappa shape index (κ3) is 3.52. The average molecular weight is 381 g/mol. The molecule has 1 saturated carbocycles. The minimum atomic E-state index is -0.757. The summed E-state index contributed by atoms with van der Waals surface area (Å²) in [4.78, 5) is 24.6. The van der Waals surface area contributed by atoms with Crippen molar-refractivity contribution in [2.75, 3.05) is 13.2 Å². The van der Waals surface area contributed by atoms with Crippen molar-refractivity contribution in [3.63, 3.8) is 0 Å². The average Bonchev–Trinajstić information content (AvgIpc) is 3.16. The Labute approximate surface area is 162 Å². The second kappa shape index (κ2) is 7.50. The van der Waals surface area contributed by atoms with Gasteiger partial charge >= 0.3 is 0 Å². The predicted octanol–water partition coefficient (Wildman–Crippen LogP) is 2.14. The molecule has 4 rings (SSSR count). The van der Waals surface area contributed by atoms with Crippen molar-refractivity contribution < 1.29 is 14.6 Å². The van der Waals surface area contributed by atoms with Crippen LogP contribution in [0.5, 0.6) is 11.5 Å². The van der Waals surface area contributed by atoms with E-state index in [-0.39, 0.29) is 17.7 Å². The molecule has 1 aliphatic heterocycles. The first-order chi connectivity index (χ1) is 13.6. The lowest BCUT2D eigenvalue weighted by Crippen LogP contribution is -2.34. The zero-order chi connectivity index (χ0) is 19.6. The molecule has 28 heavy (non-hydrogen) atoms. The van der Waals surface area contributed by atoms with Crippen LogP contribution >= 0.6 is 0 Å². The summed E-state index contributed by atoms with van der Waals surface area (Å²) < 4.78 is 7.35. The molecule has 4 bridgehead atoms. The summed E-state index contributed by atoms with van der Waals surface area (Å²) >= 11 is 0. The van der Waals surface area contributed by atoms with Crippen molar-refractivity contribution >= 4 is 5.91 Å². The topological polar surface area (TPSA) is 93.5 Å². The first-order valence-corrected chi connectivity index (χ1v) is 9.55. The van der Waals surface area contributed by atoms with Gasteiger partial charge in [-0.25, -0.2) is 0 Å². The van der Waals surface area contributed by atoms with Crippen molar-refractivity contribution in [3.05, 3.63) is 64.1 Å². The van der Waals surface area contributed by atoms with Gasteiger partial charge in [-0.3, -0.25) is 14.3 Å². The lowest BCUT2D eigenvalue weighted by atomic mass is 9.78. The highest BCUT2D eigenvalue weighted by Crippen LogP contribution is 2.43. The fraction of sp³-hybridized carbons (Fsp3) is 0.381. The summed E-state index contributed by atoms with van der Waals surface area (Å²) in [6.45, 7) is 1.10. The second-order valence-corrected chi connectivity index (χ2v) is 7.40. The van der Waals surface area contributed by atoms with Crippen LogP contribution < -0.4 is 15.5 Å². The zero-order valence-corrected chi connectivity index (χ0v) is 15.6. The first-order valence-electron chi connectivity index (χ1n) is 9.55. The highest BCUT2D eigenvalue weighted by Gasteiger charge is 2.37. The predicted molar refractivity (Wildman–Crippen MR) is 104 cm³/mol. The molecule has 0 unspecified atom stereocenters. The van der Waals surface area contributed by atoms with Crippen LogP contribution in [-0.4, -0.2) is 33.9 Å². The maximum atomic E-state index is 12.4. The number of aromatic hydroxyl groups is 1. The Kier molecular flexibility index (Phi) is 4.90. The van der Waals surface area contributed by atoms with Gasteiger partial charge in [0, 0.05) is 12.0 Å². The fourth-order valence-electron chi connectivity index (χ4n) is 4.10. The Morgan fingerprint density at radius 2 is 2.00 bits per heavy atom. The number of carbonyl (C=O) groups excluding carboxylic acids is 1. The number of ether oxygens (including phenoxy) is 1. The number of fused-ring (bicyclic) bond motifs is 5. The quantitative estimate of drug-likeness (QED) is 0.682. The van der Waals surface area contributed by atoms with Crippen molar-refractivity contribution in [1.29, 1.82) is 0 Å². The largest absolute Gasteiger partial charge is 0.503 e. The van der Waals surface area contributed by atoms with Gasteiger partial charge in [-0.2, -0.15) is 5.10 Å². The van der Waals surface area contributed by atoms with Crippen molar-refractivity contribution in [2.24, 2.45) is 0 Å². The number of rotatable bonds is 0. The molecule has 1 spiro atoms. The molecule has 1 fully saturated rings. The van der Waals surface area contributed by atoms with E-state index in [9.17, 15) is 14.7 Å². The third-order valence-corrected chi connectivity index (χ3v) is 5.53. The van der Waals surface area contributed by atoms with Crippen LogP contribution in [0.2, 0.25) is 0 Å². The van der Waals surface area contributed by atoms with Gasteiger partial charge in [-0.05, 0) is 36.6 Å². The Morgan fingerprint density at radius 3 is 2.82 bits per heavy atom. The number of nitrogens with zero attached hydrogens (tertiary/aromatic N) is 2. The van der Waals surface area contributed by atoms with E-state index in [0.717, 1.165) is 37.0 Å². The van der Waals surface area contributed by atoms with Crippen LogP contribution in [0.3, 0.4) is 0 Å². The number of carbonyl (C=O) groups is 1. The van der Waals surface area contributed by atoms with Gasteiger partial charge in [0.25, 0.3) is 11.3 Å². The van der Waals surface area contributed by atoms with Crippen LogP contribution in [0, 0.1) is 0 Å². The van der Waals surface area contributed by atoms with E-state index in [0.29, 0.717) is 13.2 Å². The SMILES string of the molecule is O=C1NC/C=C/COc2cccc(c2)C2(CCCC2)Cn2cc(O)c(=O)c1n2. The van der Waals surface area contributed by atoms with E-state index in [1.54, 1.807) is 6.08 Å². The molecule has 1 aromatic heterocycles. The molecule has 2 aliphatic rings. The van der Waals surface area contributed by atoms with E-state index in [4.69, 9.17) is 4.74 Å². The van der Waals surface area contributed by atoms with Gasteiger partial charge in [0.15, 0.2) is 11.4 Å². The van der Waals surface area contributed by atoms with Gasteiger partial charge in [0.2, 0.25) is 0 Å². The summed E-state index contributed by atoms with van der Waals surface area (Å²) in [5, 5.41) is 17.0. The molecule has 2 heterocycles. The van der Waals surface area contributed by atoms with Crippen LogP contribution in [0.15, 0.2) is 47.4 Å². The molecule has 0 radical (unpaired) electrons. The molecule has 1 aromatic carbocycles. The number of benzene rings is 1. The summed E-state index contributed by atoms with van der Waals surface area (Å²) in [6.07, 6.45) is 8.99. The Balaban J connectivity index is 1.82. The molecular formula is C21H23N3O4. The van der Waals surface area contributed by atoms with Crippen molar-refractivity contribution in [1.82, 2.24) is 15.1 Å². The molecule has 1 aliphatic carbocycles. The molecule has 2 N–H and O–H groups in total. The van der Waals surface area contributed by atoms with Crippen LogP contribution in [-0.2, 0) is 12.0 Å². The number of nitrogens with one attached hydrogen (secondary N) is 1. The van der Waals surface area contributed by atoms with E-state index in [2.05, 4.69) is 22.5 Å². The number of aromatic nitrogens is 2. The van der Waals surface area contributed by atoms with Crippen molar-refractivity contribution in [2.45, 2.75) is 37.6 Å². The molecule has 7 heteroatoms. The standard InChI is InChI=1S/C21H23N3O4/c25-17-13-24-14-21(8-1-2-9-21)15-6-5-7-16(12-15)28-11-4-3-10-22-20(27)18(23-24)19(17)26/h3-7,12-13,25H,1-2,8-11,14H2,(H,22,27)/b4-3+. The summed E-state index contributed by atoms with van der Waals surface area (Å²) in [5.74, 6) is -0.273. The monoisotopic (exact) mass is 381 g/mol. The minimum Gasteiger partial charge on any atom is -0.503 e. The zero-order valence-electron chi connectivity index (χ0n) is 15.6. The van der Waals surface area contributed by atoms with Gasteiger partial charge in [-0.15, -0.1) is 0 Å². The van der Waals surface area contributed by atoms with E-state index in [1.807, 2.05) is 18.2 Å². The van der Waals surface area contributed by atoms with Gasteiger partial charge < -0.3 is 15.2 Å². The number of amides is 1. The Morgan fingerprint density at radius 1 is 1.18 bits per heavy atom. The molecular weight excluding hydrogens is 358 g/mol. The van der Waals surface area contributed by atoms with E-state index >= 15 is 0 Å². The summed E-state index contributed by atoms with van der Waals surface area (Å²) in [6, 6.07) is 8.06. The molecule has 1 amide bonds. The fourth-order valence-corrected chi connectivity index (χ4v) is 4.10. The van der Waals surface area contributed by atoms with Crippen LogP contribution in [0.1, 0.15) is 41.7 Å². The third-order valence-electron chi connectivity index (χ3n) is 5.53. The van der Waals surface area contributed by atoms with Crippen LogP contribution in [0.4, 0.5) is 0 Å². The van der Waals surface area contributed by atoms with Crippen molar-refractivity contribution in [3.8, 4) is 11.5 Å². The minimum absolute atomic E-state index is 0.183. The van der Waals surface area contributed by atoms with Gasteiger partial charge in [-0.1, -0.05) is 31.1 Å². The maximum absolute atomic E-state index is 12.4. The lowest BCUT2D eigenvalue weighted by molar-refractivity contribution is 0.0948. The van der Waals surface area contributed by atoms with E-state index in [1.165, 1.54) is 10.9 Å². The summed E-state index contributed by atoms with van der Waals surface area (Å²) in [7, 11) is 0. The summed E-state index contributed by atoms with van der Waals surface area (Å²) in [5.41, 5.74) is -0.0842. The molecule has 7 nitrogen and oxygen atoms in total. The normalized spacial score (nSPS) is 19.9. The number of hydrogen-bond donors (Lipinski definition) is 2. The van der Waals surface area contributed by atoms with Crippen LogP contribution in [0.25, 0.3) is 0 Å². The highest BCUT2D eigenvalue weighted by molar-refractivity contribution is 5.92. The molecule has 2 aromatic rings. The first kappa shape index (κ1) is 18.3. The second-order valence-electron chi connectivity index (χ2n) is 7.40. The molecule has 0 atom stereocenters. The Bertz CT molecular complexity index is 974. The lowest BCUT2D eigenvalue weighted by Gasteiger charge is -2.30. The maximum Gasteiger partial charge on any atom is 0.276 e. The molecule has 0 saturated heterocycles. The van der Waals surface area contributed by atoms with Gasteiger partial charge in [0.1, 0.15) is 12.4 Å². The highest BCUT2D eigenvalue weighted by atomic mass is 16.5. The Hall–Kier alpha value is -3.09.